The van der Waals surface area contributed by atoms with E-state index in [1.165, 1.54) is 4.90 Å². The number of hydrogen-bond acceptors (Lipinski definition) is 4. The van der Waals surface area contributed by atoms with Crippen LogP contribution in [0.25, 0.3) is 0 Å². The standard InChI is InChI=1S/C16H19N5O3/c1-11(21-6-5-17-10-21)8-18-16(23)19-12-3-4-13-14(7-12)24-9-15(22)20(13)2/h3-7,10-11H,8-9H2,1-2H3,(H2,18,19,23)/t11-/m1/s1. The number of benzene rings is 1. The summed E-state index contributed by atoms with van der Waals surface area (Å²) in [4.78, 5) is 29.1. The minimum Gasteiger partial charge on any atom is -0.481 e. The molecule has 0 spiro atoms. The molecular weight excluding hydrogens is 310 g/mol. The SMILES string of the molecule is C[C@H](CNC(=O)Nc1ccc2c(c1)OCC(=O)N2C)n1ccnc1. The molecule has 3 amide bonds. The molecule has 8 nitrogen and oxygen atoms in total. The van der Waals surface area contributed by atoms with Gasteiger partial charge in [-0.05, 0) is 19.1 Å². The van der Waals surface area contributed by atoms with Crippen molar-refractivity contribution in [3.8, 4) is 5.75 Å². The molecule has 0 fully saturated rings. The highest BCUT2D eigenvalue weighted by molar-refractivity contribution is 5.98. The molecule has 0 saturated heterocycles. The summed E-state index contributed by atoms with van der Waals surface area (Å²) in [7, 11) is 1.70. The van der Waals surface area contributed by atoms with Crippen LogP contribution in [0.15, 0.2) is 36.9 Å². The number of rotatable bonds is 4. The average Bonchev–Trinajstić information content (AvgIpc) is 3.11. The van der Waals surface area contributed by atoms with Gasteiger partial charge < -0.3 is 24.8 Å². The maximum absolute atomic E-state index is 12.0. The molecule has 1 atom stereocenters. The molecule has 8 heteroatoms. The smallest absolute Gasteiger partial charge is 0.319 e. The van der Waals surface area contributed by atoms with E-state index in [1.54, 1.807) is 37.8 Å². The van der Waals surface area contributed by atoms with Crippen molar-refractivity contribution in [1.82, 2.24) is 14.9 Å². The number of carbonyl (C=O) groups is 2. The average molecular weight is 329 g/mol. The molecule has 2 N–H and O–H groups in total. The van der Waals surface area contributed by atoms with Gasteiger partial charge in [0.15, 0.2) is 6.61 Å². The Bertz CT molecular complexity index is 744. The van der Waals surface area contributed by atoms with Crippen LogP contribution in [0.2, 0.25) is 0 Å². The van der Waals surface area contributed by atoms with Gasteiger partial charge in [0.1, 0.15) is 5.75 Å². The lowest BCUT2D eigenvalue weighted by molar-refractivity contribution is -0.120. The zero-order valence-electron chi connectivity index (χ0n) is 13.5. The fourth-order valence-corrected chi connectivity index (χ4v) is 2.41. The summed E-state index contributed by atoms with van der Waals surface area (Å²) in [6, 6.07) is 4.98. The van der Waals surface area contributed by atoms with Gasteiger partial charge >= 0.3 is 6.03 Å². The molecule has 0 saturated carbocycles. The normalized spacial score (nSPS) is 14.6. The Labute approximate surface area is 139 Å². The summed E-state index contributed by atoms with van der Waals surface area (Å²) >= 11 is 0. The van der Waals surface area contributed by atoms with E-state index < -0.39 is 0 Å². The van der Waals surface area contributed by atoms with E-state index in [0.29, 0.717) is 23.7 Å². The zero-order chi connectivity index (χ0) is 17.1. The Balaban J connectivity index is 1.58. The zero-order valence-corrected chi connectivity index (χ0v) is 13.5. The first-order chi connectivity index (χ1) is 11.5. The van der Waals surface area contributed by atoms with Crippen LogP contribution in [0.5, 0.6) is 5.75 Å². The molecule has 0 aliphatic carbocycles. The number of fused-ring (bicyclic) bond motifs is 1. The van der Waals surface area contributed by atoms with E-state index in [4.69, 9.17) is 4.74 Å². The lowest BCUT2D eigenvalue weighted by Crippen LogP contribution is -2.35. The van der Waals surface area contributed by atoms with E-state index in [1.807, 2.05) is 17.7 Å². The molecular formula is C16H19N5O3. The van der Waals surface area contributed by atoms with Crippen molar-refractivity contribution in [2.75, 3.05) is 30.4 Å². The van der Waals surface area contributed by atoms with Crippen molar-refractivity contribution in [3.05, 3.63) is 36.9 Å². The Hall–Kier alpha value is -3.03. The largest absolute Gasteiger partial charge is 0.481 e. The summed E-state index contributed by atoms with van der Waals surface area (Å²) < 4.78 is 7.32. The molecule has 1 aliphatic rings. The van der Waals surface area contributed by atoms with Crippen LogP contribution in [-0.2, 0) is 4.79 Å². The third-order valence-electron chi connectivity index (χ3n) is 3.90. The van der Waals surface area contributed by atoms with E-state index in [9.17, 15) is 9.59 Å². The van der Waals surface area contributed by atoms with Crippen LogP contribution in [-0.4, -0.2) is 41.7 Å². The highest BCUT2D eigenvalue weighted by atomic mass is 16.5. The molecule has 1 aromatic carbocycles. The predicted octanol–water partition coefficient (Wildman–Crippen LogP) is 1.62. The Morgan fingerprint density at radius 1 is 1.46 bits per heavy atom. The first-order valence-electron chi connectivity index (χ1n) is 7.60. The second kappa shape index (κ2) is 6.61. The number of urea groups is 1. The number of hydrogen-bond donors (Lipinski definition) is 2. The van der Waals surface area contributed by atoms with E-state index in [0.717, 1.165) is 0 Å². The van der Waals surface area contributed by atoms with Crippen LogP contribution in [0.1, 0.15) is 13.0 Å². The van der Waals surface area contributed by atoms with Crippen molar-refractivity contribution < 1.29 is 14.3 Å². The molecule has 0 unspecified atom stereocenters. The van der Waals surface area contributed by atoms with E-state index >= 15 is 0 Å². The second-order valence-corrected chi connectivity index (χ2v) is 5.62. The molecule has 1 aromatic heterocycles. The van der Waals surface area contributed by atoms with Crippen molar-refractivity contribution >= 4 is 23.3 Å². The fourth-order valence-electron chi connectivity index (χ4n) is 2.41. The van der Waals surface area contributed by atoms with Gasteiger partial charge in [0.25, 0.3) is 5.91 Å². The fraction of sp³-hybridized carbons (Fsp3) is 0.312. The van der Waals surface area contributed by atoms with Crippen molar-refractivity contribution in [3.63, 3.8) is 0 Å². The quantitative estimate of drug-likeness (QED) is 0.892. The maximum atomic E-state index is 12.0. The predicted molar refractivity (Wildman–Crippen MR) is 89.3 cm³/mol. The molecule has 2 aromatic rings. The molecule has 3 rings (SSSR count). The lowest BCUT2D eigenvalue weighted by atomic mass is 10.2. The number of anilines is 2. The van der Waals surface area contributed by atoms with Gasteiger partial charge in [-0.3, -0.25) is 4.79 Å². The number of carbonyl (C=O) groups excluding carboxylic acids is 2. The lowest BCUT2D eigenvalue weighted by Gasteiger charge is -2.26. The molecule has 0 radical (unpaired) electrons. The van der Waals surface area contributed by atoms with E-state index in [-0.39, 0.29) is 24.6 Å². The minimum absolute atomic E-state index is 0.00156. The third kappa shape index (κ3) is 3.32. The van der Waals surface area contributed by atoms with Crippen LogP contribution < -0.4 is 20.3 Å². The molecule has 24 heavy (non-hydrogen) atoms. The highest BCUT2D eigenvalue weighted by Crippen LogP contribution is 2.33. The van der Waals surface area contributed by atoms with Gasteiger partial charge in [-0.15, -0.1) is 0 Å². The third-order valence-corrected chi connectivity index (χ3v) is 3.90. The van der Waals surface area contributed by atoms with Crippen LogP contribution >= 0.6 is 0 Å². The number of nitrogens with one attached hydrogen (secondary N) is 2. The summed E-state index contributed by atoms with van der Waals surface area (Å²) in [5.74, 6) is 0.469. The van der Waals surface area contributed by atoms with Crippen LogP contribution in [0, 0.1) is 0 Å². The van der Waals surface area contributed by atoms with Gasteiger partial charge in [-0.2, -0.15) is 0 Å². The van der Waals surface area contributed by atoms with Crippen molar-refractivity contribution in [1.29, 1.82) is 0 Å². The Morgan fingerprint density at radius 2 is 2.29 bits per heavy atom. The van der Waals surface area contributed by atoms with Crippen molar-refractivity contribution in [2.45, 2.75) is 13.0 Å². The Morgan fingerprint density at radius 3 is 3.04 bits per heavy atom. The van der Waals surface area contributed by atoms with Crippen LogP contribution in [0.3, 0.4) is 0 Å². The van der Waals surface area contributed by atoms with Crippen LogP contribution in [0.4, 0.5) is 16.2 Å². The first-order valence-corrected chi connectivity index (χ1v) is 7.60. The topological polar surface area (TPSA) is 88.5 Å². The Kier molecular flexibility index (Phi) is 4.37. The van der Waals surface area contributed by atoms with Gasteiger partial charge in [-0.25, -0.2) is 9.78 Å². The summed E-state index contributed by atoms with van der Waals surface area (Å²) in [5, 5.41) is 5.57. The second-order valence-electron chi connectivity index (χ2n) is 5.62. The summed E-state index contributed by atoms with van der Waals surface area (Å²) in [6.07, 6.45) is 5.26. The van der Waals surface area contributed by atoms with Gasteiger partial charge in [-0.1, -0.05) is 0 Å². The molecule has 0 bridgehead atoms. The molecule has 2 heterocycles. The summed E-state index contributed by atoms with van der Waals surface area (Å²) in [6.45, 7) is 2.46. The monoisotopic (exact) mass is 329 g/mol. The number of aromatic nitrogens is 2. The molecule has 1 aliphatic heterocycles. The number of imidazole rings is 1. The molecule has 126 valence electrons. The highest BCUT2D eigenvalue weighted by Gasteiger charge is 2.22. The van der Waals surface area contributed by atoms with Crippen molar-refractivity contribution in [2.24, 2.45) is 0 Å². The minimum atomic E-state index is -0.304. The van der Waals surface area contributed by atoms with Gasteiger partial charge in [0, 0.05) is 43.8 Å². The van der Waals surface area contributed by atoms with E-state index in [2.05, 4.69) is 15.6 Å². The van der Waals surface area contributed by atoms with Gasteiger partial charge in [0.2, 0.25) is 0 Å². The number of amides is 3. The number of ether oxygens (including phenoxy) is 1. The summed E-state index contributed by atoms with van der Waals surface area (Å²) in [5.41, 5.74) is 1.29. The maximum Gasteiger partial charge on any atom is 0.319 e. The van der Waals surface area contributed by atoms with Gasteiger partial charge in [0.05, 0.1) is 12.0 Å². The number of nitrogens with zero attached hydrogens (tertiary/aromatic N) is 3. The number of likely N-dealkylation sites (N-methyl/N-ethyl adjacent to an activating group) is 1. The first kappa shape index (κ1) is 15.9.